The summed E-state index contributed by atoms with van der Waals surface area (Å²) in [6.07, 6.45) is 0. The zero-order chi connectivity index (χ0) is 12.4. The van der Waals surface area contributed by atoms with E-state index in [4.69, 9.17) is 0 Å². The minimum Gasteiger partial charge on any atom is -0.382 e. The average Bonchev–Trinajstić information content (AvgIpc) is 2.48. The summed E-state index contributed by atoms with van der Waals surface area (Å²) in [5.41, 5.74) is 1.03. The summed E-state index contributed by atoms with van der Waals surface area (Å²) < 4.78 is 0. The van der Waals surface area contributed by atoms with Gasteiger partial charge in [0.25, 0.3) is 11.6 Å². The Morgan fingerprint density at radius 2 is 2.29 bits per heavy atom. The van der Waals surface area contributed by atoms with E-state index < -0.39 is 4.92 Å². The third kappa shape index (κ3) is 2.06. The van der Waals surface area contributed by atoms with Crippen LogP contribution < -0.4 is 5.32 Å². The smallest absolute Gasteiger partial charge is 0.271 e. The fourth-order valence-electron chi connectivity index (χ4n) is 1.88. The van der Waals surface area contributed by atoms with E-state index >= 15 is 0 Å². The molecule has 1 heterocycles. The quantitative estimate of drug-likeness (QED) is 0.622. The van der Waals surface area contributed by atoms with Crippen molar-refractivity contribution in [1.29, 1.82) is 0 Å². The molecule has 6 heteroatoms. The van der Waals surface area contributed by atoms with Crippen molar-refractivity contribution in [2.75, 3.05) is 25.0 Å². The maximum absolute atomic E-state index is 12.1. The third-order valence-corrected chi connectivity index (χ3v) is 2.81. The fraction of sp³-hybridized carbons (Fsp3) is 0.364. The van der Waals surface area contributed by atoms with Gasteiger partial charge in [-0.15, -0.1) is 0 Å². The summed E-state index contributed by atoms with van der Waals surface area (Å²) in [7, 11) is 0. The molecule has 0 aromatic heterocycles. The molecule has 1 N–H and O–H groups in total. The molecular weight excluding hydrogens is 222 g/mol. The molecule has 0 bridgehead atoms. The van der Waals surface area contributed by atoms with Gasteiger partial charge in [-0.25, -0.2) is 0 Å². The second-order valence-electron chi connectivity index (χ2n) is 3.80. The van der Waals surface area contributed by atoms with E-state index in [9.17, 15) is 14.9 Å². The lowest BCUT2D eigenvalue weighted by atomic mass is 10.1. The van der Waals surface area contributed by atoms with Crippen molar-refractivity contribution in [2.24, 2.45) is 0 Å². The number of non-ortho nitro benzene ring substituents is 1. The van der Waals surface area contributed by atoms with Crippen molar-refractivity contribution >= 4 is 17.3 Å². The third-order valence-electron chi connectivity index (χ3n) is 2.81. The maximum Gasteiger partial charge on any atom is 0.271 e. The molecule has 1 aliphatic rings. The van der Waals surface area contributed by atoms with Gasteiger partial charge in [-0.3, -0.25) is 14.9 Å². The average molecular weight is 235 g/mol. The molecule has 0 saturated carbocycles. The van der Waals surface area contributed by atoms with Crippen LogP contribution in [0.15, 0.2) is 18.2 Å². The number of rotatable bonds is 2. The SMILES string of the molecule is CCN1CCNc2cc([N+](=O)[O-])ccc2C1=O. The first-order chi connectivity index (χ1) is 8.13. The molecule has 0 aliphatic carbocycles. The molecule has 0 spiro atoms. The van der Waals surface area contributed by atoms with E-state index in [0.717, 1.165) is 0 Å². The number of nitrogens with zero attached hydrogens (tertiary/aromatic N) is 2. The van der Waals surface area contributed by atoms with Crippen molar-refractivity contribution in [1.82, 2.24) is 4.90 Å². The summed E-state index contributed by atoms with van der Waals surface area (Å²) in [6, 6.07) is 4.28. The number of amides is 1. The minimum absolute atomic E-state index is 0.00556. The second kappa shape index (κ2) is 4.40. The molecule has 2 rings (SSSR count). The zero-order valence-corrected chi connectivity index (χ0v) is 9.47. The van der Waals surface area contributed by atoms with Gasteiger partial charge in [0.15, 0.2) is 0 Å². The Hall–Kier alpha value is -2.11. The van der Waals surface area contributed by atoms with E-state index in [1.54, 1.807) is 4.90 Å². The van der Waals surface area contributed by atoms with E-state index in [1.165, 1.54) is 18.2 Å². The van der Waals surface area contributed by atoms with E-state index in [1.807, 2.05) is 6.92 Å². The molecule has 90 valence electrons. The largest absolute Gasteiger partial charge is 0.382 e. The van der Waals surface area contributed by atoms with Gasteiger partial charge >= 0.3 is 0 Å². The molecule has 17 heavy (non-hydrogen) atoms. The monoisotopic (exact) mass is 235 g/mol. The minimum atomic E-state index is -0.463. The molecule has 1 amide bonds. The highest BCUT2D eigenvalue weighted by Gasteiger charge is 2.22. The Kier molecular flexibility index (Phi) is 2.95. The number of fused-ring (bicyclic) bond motifs is 1. The van der Waals surface area contributed by atoms with Crippen LogP contribution in [0.5, 0.6) is 0 Å². The van der Waals surface area contributed by atoms with Crippen LogP contribution in [-0.2, 0) is 0 Å². The first-order valence-corrected chi connectivity index (χ1v) is 5.45. The number of hydrogen-bond acceptors (Lipinski definition) is 4. The highest BCUT2D eigenvalue weighted by Crippen LogP contribution is 2.25. The Labute approximate surface area is 98.4 Å². The summed E-state index contributed by atoms with van der Waals surface area (Å²) in [5, 5.41) is 13.7. The van der Waals surface area contributed by atoms with Crippen molar-refractivity contribution < 1.29 is 9.72 Å². The van der Waals surface area contributed by atoms with Gasteiger partial charge in [-0.2, -0.15) is 0 Å². The number of nitrogens with one attached hydrogen (secondary N) is 1. The van der Waals surface area contributed by atoms with Gasteiger partial charge in [0.1, 0.15) is 0 Å². The van der Waals surface area contributed by atoms with Gasteiger partial charge < -0.3 is 10.2 Å². The molecule has 0 saturated heterocycles. The van der Waals surface area contributed by atoms with Crippen LogP contribution in [0.1, 0.15) is 17.3 Å². The summed E-state index contributed by atoms with van der Waals surface area (Å²) in [5.74, 6) is -0.0811. The molecule has 1 aliphatic heterocycles. The molecule has 1 aromatic carbocycles. The number of anilines is 1. The van der Waals surface area contributed by atoms with Crippen molar-refractivity contribution in [3.63, 3.8) is 0 Å². The Balaban J connectivity index is 2.43. The molecule has 0 fully saturated rings. The Morgan fingerprint density at radius 1 is 1.53 bits per heavy atom. The number of hydrogen-bond donors (Lipinski definition) is 1. The predicted molar refractivity (Wildman–Crippen MR) is 63.2 cm³/mol. The fourth-order valence-corrected chi connectivity index (χ4v) is 1.88. The van der Waals surface area contributed by atoms with Gasteiger partial charge in [0.05, 0.1) is 16.2 Å². The zero-order valence-electron chi connectivity index (χ0n) is 9.47. The molecule has 6 nitrogen and oxygen atoms in total. The van der Waals surface area contributed by atoms with Crippen LogP contribution >= 0.6 is 0 Å². The van der Waals surface area contributed by atoms with Crippen LogP contribution in [0, 0.1) is 10.1 Å². The van der Waals surface area contributed by atoms with Crippen LogP contribution in [0.2, 0.25) is 0 Å². The Morgan fingerprint density at radius 3 is 2.94 bits per heavy atom. The lowest BCUT2D eigenvalue weighted by molar-refractivity contribution is -0.384. The number of nitro benzene ring substituents is 1. The standard InChI is InChI=1S/C11H13N3O3/c1-2-13-6-5-12-10-7-8(14(16)17)3-4-9(10)11(13)15/h3-4,7,12H,2,5-6H2,1H3. The molecule has 0 unspecified atom stereocenters. The number of likely N-dealkylation sites (N-methyl/N-ethyl adjacent to an activating group) is 1. The number of carbonyl (C=O) groups excluding carboxylic acids is 1. The maximum atomic E-state index is 12.1. The second-order valence-corrected chi connectivity index (χ2v) is 3.80. The van der Waals surface area contributed by atoms with Crippen LogP contribution in [0.25, 0.3) is 0 Å². The van der Waals surface area contributed by atoms with Gasteiger partial charge in [-0.05, 0) is 13.0 Å². The lowest BCUT2D eigenvalue weighted by Crippen LogP contribution is -2.32. The predicted octanol–water partition coefficient (Wildman–Crippen LogP) is 1.48. The molecular formula is C11H13N3O3. The molecule has 0 radical (unpaired) electrons. The van der Waals surface area contributed by atoms with Crippen molar-refractivity contribution in [3.05, 3.63) is 33.9 Å². The normalized spacial score (nSPS) is 14.9. The van der Waals surface area contributed by atoms with E-state index in [0.29, 0.717) is 30.9 Å². The van der Waals surface area contributed by atoms with Crippen molar-refractivity contribution in [2.45, 2.75) is 6.92 Å². The van der Waals surface area contributed by atoms with Gasteiger partial charge in [0, 0.05) is 31.8 Å². The lowest BCUT2D eigenvalue weighted by Gasteiger charge is -2.17. The molecule has 1 aromatic rings. The first-order valence-electron chi connectivity index (χ1n) is 5.45. The molecule has 0 atom stereocenters. The first kappa shape index (κ1) is 11.4. The van der Waals surface area contributed by atoms with Crippen molar-refractivity contribution in [3.8, 4) is 0 Å². The Bertz CT molecular complexity index is 473. The number of carbonyl (C=O) groups is 1. The topological polar surface area (TPSA) is 75.5 Å². The number of nitro groups is 1. The highest BCUT2D eigenvalue weighted by atomic mass is 16.6. The van der Waals surface area contributed by atoms with Crippen LogP contribution in [0.4, 0.5) is 11.4 Å². The van der Waals surface area contributed by atoms with E-state index in [2.05, 4.69) is 5.32 Å². The number of benzene rings is 1. The highest BCUT2D eigenvalue weighted by molar-refractivity contribution is 6.00. The summed E-state index contributed by atoms with van der Waals surface area (Å²) >= 11 is 0. The van der Waals surface area contributed by atoms with Gasteiger partial charge in [0.2, 0.25) is 0 Å². The van der Waals surface area contributed by atoms with E-state index in [-0.39, 0.29) is 11.6 Å². The van der Waals surface area contributed by atoms with Crippen LogP contribution in [0.3, 0.4) is 0 Å². The summed E-state index contributed by atoms with van der Waals surface area (Å²) in [4.78, 5) is 24.0. The summed E-state index contributed by atoms with van der Waals surface area (Å²) in [6.45, 7) is 3.76. The van der Waals surface area contributed by atoms with Gasteiger partial charge in [-0.1, -0.05) is 0 Å². The van der Waals surface area contributed by atoms with Crippen LogP contribution in [-0.4, -0.2) is 35.4 Å².